The molecule has 0 atom stereocenters. The first kappa shape index (κ1) is 15.3. The Morgan fingerprint density at radius 2 is 1.94 bits per heavy atom. The number of hydrogen-bond acceptors (Lipinski definition) is 3. The molecule has 0 spiro atoms. The van der Waals surface area contributed by atoms with Gasteiger partial charge in [0.2, 0.25) is 10.0 Å². The van der Waals surface area contributed by atoms with E-state index in [9.17, 15) is 8.42 Å². The van der Waals surface area contributed by atoms with Crippen LogP contribution in [-0.2, 0) is 10.0 Å². The third-order valence-corrected chi connectivity index (χ3v) is 3.92. The molecule has 0 aliphatic rings. The van der Waals surface area contributed by atoms with Gasteiger partial charge in [0.05, 0.1) is 17.0 Å². The average molecular weight is 292 g/mol. The van der Waals surface area contributed by atoms with Gasteiger partial charge in [-0.05, 0) is 23.6 Å². The molecule has 0 bridgehead atoms. The zero-order chi connectivity index (χ0) is 14.0. The van der Waals surface area contributed by atoms with Gasteiger partial charge >= 0.3 is 0 Å². The Hall–Kier alpha value is -0.780. The van der Waals surface area contributed by atoms with Crippen LogP contribution in [-0.4, -0.2) is 22.1 Å². The number of sulfonamides is 1. The Bertz CT molecular complexity index is 521. The Kier molecular flexibility index (Phi) is 4.64. The van der Waals surface area contributed by atoms with Gasteiger partial charge in [-0.15, -0.1) is 0 Å². The quantitative estimate of drug-likeness (QED) is 0.928. The van der Waals surface area contributed by atoms with Crippen molar-refractivity contribution in [1.82, 2.24) is 4.72 Å². The first-order chi connectivity index (χ1) is 8.15. The van der Waals surface area contributed by atoms with E-state index >= 15 is 0 Å². The predicted molar refractivity (Wildman–Crippen MR) is 72.6 cm³/mol. The Morgan fingerprint density at radius 1 is 1.33 bits per heavy atom. The molecule has 0 unspecified atom stereocenters. The fourth-order valence-corrected chi connectivity index (χ4v) is 2.84. The highest BCUT2D eigenvalue weighted by molar-refractivity contribution is 7.89. The molecule has 0 aromatic heterocycles. The molecular weight excluding hydrogens is 274 g/mol. The van der Waals surface area contributed by atoms with Crippen LogP contribution in [0, 0.1) is 5.41 Å². The lowest BCUT2D eigenvalue weighted by molar-refractivity contribution is 0.407. The van der Waals surface area contributed by atoms with Crippen molar-refractivity contribution in [3.63, 3.8) is 0 Å². The van der Waals surface area contributed by atoms with E-state index in [0.717, 1.165) is 0 Å². The number of methoxy groups -OCH3 is 1. The second-order valence-electron chi connectivity index (χ2n) is 5.18. The van der Waals surface area contributed by atoms with Crippen molar-refractivity contribution < 1.29 is 13.2 Å². The number of rotatable bonds is 4. The third kappa shape index (κ3) is 4.15. The van der Waals surface area contributed by atoms with Crippen LogP contribution < -0.4 is 9.46 Å². The largest absolute Gasteiger partial charge is 0.495 e. The fourth-order valence-electron chi connectivity index (χ4n) is 1.21. The van der Waals surface area contributed by atoms with Crippen LogP contribution in [0.5, 0.6) is 5.75 Å². The maximum absolute atomic E-state index is 12.0. The first-order valence-electron chi connectivity index (χ1n) is 5.49. The zero-order valence-corrected chi connectivity index (χ0v) is 12.5. The predicted octanol–water partition coefficient (Wildman–Crippen LogP) is 2.67. The van der Waals surface area contributed by atoms with Gasteiger partial charge in [0.15, 0.2) is 0 Å². The number of halogens is 1. The van der Waals surface area contributed by atoms with E-state index in [-0.39, 0.29) is 15.3 Å². The molecule has 18 heavy (non-hydrogen) atoms. The second kappa shape index (κ2) is 5.47. The molecule has 1 aromatic rings. The van der Waals surface area contributed by atoms with Crippen LogP contribution in [0.4, 0.5) is 0 Å². The minimum Gasteiger partial charge on any atom is -0.495 e. The van der Waals surface area contributed by atoms with Crippen molar-refractivity contribution in [3.8, 4) is 5.75 Å². The van der Waals surface area contributed by atoms with Gasteiger partial charge < -0.3 is 4.74 Å². The maximum Gasteiger partial charge on any atom is 0.240 e. The number of nitrogens with one attached hydrogen (secondary N) is 1. The van der Waals surface area contributed by atoms with Crippen LogP contribution in [0.2, 0.25) is 5.02 Å². The molecule has 1 rings (SSSR count). The number of hydrogen-bond donors (Lipinski definition) is 1. The SMILES string of the molecule is COc1ccc(S(=O)(=O)NCC(C)(C)C)cc1Cl. The van der Waals surface area contributed by atoms with E-state index in [4.69, 9.17) is 16.3 Å². The summed E-state index contributed by atoms with van der Waals surface area (Å²) in [6, 6.07) is 4.38. The van der Waals surface area contributed by atoms with Crippen molar-refractivity contribution in [2.75, 3.05) is 13.7 Å². The number of ether oxygens (including phenoxy) is 1. The molecule has 1 aromatic carbocycles. The average Bonchev–Trinajstić information content (AvgIpc) is 2.25. The zero-order valence-electron chi connectivity index (χ0n) is 11.0. The van der Waals surface area contributed by atoms with E-state index in [1.165, 1.54) is 25.3 Å². The van der Waals surface area contributed by atoms with Crippen molar-refractivity contribution >= 4 is 21.6 Å². The van der Waals surface area contributed by atoms with E-state index in [1.54, 1.807) is 0 Å². The van der Waals surface area contributed by atoms with Crippen LogP contribution in [0.15, 0.2) is 23.1 Å². The summed E-state index contributed by atoms with van der Waals surface area (Å²) in [7, 11) is -2.05. The summed E-state index contributed by atoms with van der Waals surface area (Å²) < 4.78 is 31.6. The Balaban J connectivity index is 2.96. The van der Waals surface area contributed by atoms with Gasteiger partial charge in [-0.2, -0.15) is 0 Å². The molecular formula is C12H18ClNO3S. The van der Waals surface area contributed by atoms with Gasteiger partial charge in [-0.1, -0.05) is 32.4 Å². The van der Waals surface area contributed by atoms with Crippen LogP contribution in [0.25, 0.3) is 0 Å². The lowest BCUT2D eigenvalue weighted by atomic mass is 9.98. The Labute approximate surface area is 113 Å². The van der Waals surface area contributed by atoms with Gasteiger partial charge in [-0.3, -0.25) is 0 Å². The van der Waals surface area contributed by atoms with E-state index in [1.807, 2.05) is 20.8 Å². The van der Waals surface area contributed by atoms with Gasteiger partial charge in [0, 0.05) is 6.54 Å². The molecule has 0 radical (unpaired) electrons. The molecule has 0 saturated carbocycles. The lowest BCUT2D eigenvalue weighted by Gasteiger charge is -2.18. The molecule has 0 aliphatic heterocycles. The summed E-state index contributed by atoms with van der Waals surface area (Å²) in [5, 5.41) is 0.274. The highest BCUT2D eigenvalue weighted by Crippen LogP contribution is 2.27. The van der Waals surface area contributed by atoms with E-state index < -0.39 is 10.0 Å². The normalized spacial score (nSPS) is 12.5. The first-order valence-corrected chi connectivity index (χ1v) is 7.35. The summed E-state index contributed by atoms with van der Waals surface area (Å²) in [5.41, 5.74) is -0.122. The van der Waals surface area contributed by atoms with Crippen LogP contribution >= 0.6 is 11.6 Å². The van der Waals surface area contributed by atoms with Crippen LogP contribution in [0.1, 0.15) is 20.8 Å². The molecule has 1 N–H and O–H groups in total. The lowest BCUT2D eigenvalue weighted by Crippen LogP contribution is -2.32. The van der Waals surface area contributed by atoms with Crippen molar-refractivity contribution in [2.24, 2.45) is 5.41 Å². The molecule has 0 fully saturated rings. The summed E-state index contributed by atoms with van der Waals surface area (Å²) >= 11 is 5.91. The van der Waals surface area contributed by atoms with Crippen molar-refractivity contribution in [2.45, 2.75) is 25.7 Å². The molecule has 0 aliphatic carbocycles. The molecule has 0 heterocycles. The standard InChI is InChI=1S/C12H18ClNO3S/c1-12(2,3)8-14-18(15,16)9-5-6-11(17-4)10(13)7-9/h5-7,14H,8H2,1-4H3. The summed E-state index contributed by atoms with van der Waals surface area (Å²) in [4.78, 5) is 0.137. The van der Waals surface area contributed by atoms with E-state index in [2.05, 4.69) is 4.72 Å². The highest BCUT2D eigenvalue weighted by Gasteiger charge is 2.19. The van der Waals surface area contributed by atoms with Gasteiger partial charge in [0.25, 0.3) is 0 Å². The summed E-state index contributed by atoms with van der Waals surface area (Å²) in [6.45, 7) is 6.22. The second-order valence-corrected chi connectivity index (χ2v) is 7.36. The minimum atomic E-state index is -3.53. The minimum absolute atomic E-state index is 0.122. The molecule has 4 nitrogen and oxygen atoms in total. The van der Waals surface area contributed by atoms with Crippen molar-refractivity contribution in [1.29, 1.82) is 0 Å². The molecule has 6 heteroatoms. The Morgan fingerprint density at radius 3 is 2.39 bits per heavy atom. The summed E-state index contributed by atoms with van der Waals surface area (Å²) in [5.74, 6) is 0.450. The maximum atomic E-state index is 12.0. The highest BCUT2D eigenvalue weighted by atomic mass is 35.5. The molecule has 0 saturated heterocycles. The van der Waals surface area contributed by atoms with Gasteiger partial charge in [0.1, 0.15) is 5.75 Å². The molecule has 0 amide bonds. The van der Waals surface area contributed by atoms with Crippen LogP contribution in [0.3, 0.4) is 0 Å². The van der Waals surface area contributed by atoms with Crippen molar-refractivity contribution in [3.05, 3.63) is 23.2 Å². The fraction of sp³-hybridized carbons (Fsp3) is 0.500. The topological polar surface area (TPSA) is 55.4 Å². The monoisotopic (exact) mass is 291 g/mol. The molecule has 102 valence electrons. The summed E-state index contributed by atoms with van der Waals surface area (Å²) in [6.07, 6.45) is 0. The smallest absolute Gasteiger partial charge is 0.240 e. The van der Waals surface area contributed by atoms with E-state index in [0.29, 0.717) is 12.3 Å². The number of benzene rings is 1. The third-order valence-electron chi connectivity index (χ3n) is 2.23. The van der Waals surface area contributed by atoms with Gasteiger partial charge in [-0.25, -0.2) is 13.1 Å².